The van der Waals surface area contributed by atoms with E-state index in [1.807, 2.05) is 30.6 Å². The van der Waals surface area contributed by atoms with Gasteiger partial charge in [0.2, 0.25) is 0 Å². The van der Waals surface area contributed by atoms with Crippen LogP contribution in [0.15, 0.2) is 30.6 Å². The van der Waals surface area contributed by atoms with Crippen molar-refractivity contribution >= 4 is 21.4 Å². The molecule has 0 saturated carbocycles. The van der Waals surface area contributed by atoms with Crippen LogP contribution in [0.25, 0.3) is 0 Å². The monoisotopic (exact) mass is 437 g/mol. The standard InChI is InChI=1S/C21H28ClN3O3S/c1-15-10-21(11-20(26)18-4-3-17(22)9-19(18)21)5-6-24(15)13-16-12-23-25(14-16)7-8-29(2,27)28/h3-4,9,12,14-15,20,26H,5-8,10-11,13H2,1-2H3/t15-,20?,21?/m0/s1. The number of rotatable bonds is 5. The molecule has 3 atom stereocenters. The Bertz CT molecular complexity index is 1010. The fourth-order valence-electron chi connectivity index (χ4n) is 5.01. The number of benzene rings is 1. The molecule has 1 aromatic carbocycles. The number of fused-ring (bicyclic) bond motifs is 2. The average Bonchev–Trinajstić information content (AvgIpc) is 3.18. The molecule has 1 fully saturated rings. The van der Waals surface area contributed by atoms with Gasteiger partial charge in [-0.3, -0.25) is 9.58 Å². The molecule has 1 spiro atoms. The molecule has 1 N–H and O–H groups in total. The van der Waals surface area contributed by atoms with Crippen molar-refractivity contribution in [2.75, 3.05) is 18.6 Å². The van der Waals surface area contributed by atoms with Crippen molar-refractivity contribution in [1.29, 1.82) is 0 Å². The summed E-state index contributed by atoms with van der Waals surface area (Å²) in [7, 11) is -3.00. The highest BCUT2D eigenvalue weighted by Crippen LogP contribution is 2.52. The van der Waals surface area contributed by atoms with Gasteiger partial charge in [0, 0.05) is 41.0 Å². The van der Waals surface area contributed by atoms with Gasteiger partial charge in [-0.15, -0.1) is 0 Å². The molecule has 6 nitrogen and oxygen atoms in total. The minimum absolute atomic E-state index is 0.00473. The number of piperidine rings is 1. The van der Waals surface area contributed by atoms with E-state index in [2.05, 4.69) is 16.9 Å². The molecular weight excluding hydrogens is 410 g/mol. The molecule has 0 radical (unpaired) electrons. The van der Waals surface area contributed by atoms with Crippen molar-refractivity contribution in [3.05, 3.63) is 52.3 Å². The van der Waals surface area contributed by atoms with Gasteiger partial charge in [-0.05, 0) is 56.0 Å². The number of hydrogen-bond donors (Lipinski definition) is 1. The molecule has 2 unspecified atom stereocenters. The minimum Gasteiger partial charge on any atom is -0.388 e. The lowest BCUT2D eigenvalue weighted by Gasteiger charge is -2.44. The molecule has 4 rings (SSSR count). The van der Waals surface area contributed by atoms with E-state index in [0.717, 1.165) is 48.5 Å². The fourth-order valence-corrected chi connectivity index (χ4v) is 5.70. The molecule has 1 aliphatic heterocycles. The first-order valence-electron chi connectivity index (χ1n) is 10.1. The van der Waals surface area contributed by atoms with E-state index in [1.54, 1.807) is 4.68 Å². The van der Waals surface area contributed by atoms with Gasteiger partial charge in [-0.1, -0.05) is 17.7 Å². The zero-order chi connectivity index (χ0) is 20.8. The van der Waals surface area contributed by atoms with Crippen LogP contribution >= 0.6 is 11.6 Å². The Morgan fingerprint density at radius 3 is 2.86 bits per heavy atom. The van der Waals surface area contributed by atoms with E-state index in [0.29, 0.717) is 12.6 Å². The number of aliphatic hydroxyl groups is 1. The average molecular weight is 438 g/mol. The number of hydrogen-bond acceptors (Lipinski definition) is 5. The molecular formula is C21H28ClN3O3S. The maximum absolute atomic E-state index is 11.4. The smallest absolute Gasteiger partial charge is 0.149 e. The Balaban J connectivity index is 1.43. The number of aryl methyl sites for hydroxylation is 1. The van der Waals surface area contributed by atoms with Gasteiger partial charge in [-0.2, -0.15) is 5.10 Å². The van der Waals surface area contributed by atoms with Gasteiger partial charge in [0.05, 0.1) is 24.6 Å². The second-order valence-corrected chi connectivity index (χ2v) is 11.4. The number of aliphatic hydroxyl groups excluding tert-OH is 1. The molecule has 2 aromatic rings. The molecule has 1 aliphatic carbocycles. The lowest BCUT2D eigenvalue weighted by molar-refractivity contribution is 0.0712. The summed E-state index contributed by atoms with van der Waals surface area (Å²) in [5.41, 5.74) is 3.34. The Hall–Kier alpha value is -1.41. The van der Waals surface area contributed by atoms with Crippen LogP contribution in [0.2, 0.25) is 5.02 Å². The zero-order valence-corrected chi connectivity index (χ0v) is 18.5. The van der Waals surface area contributed by atoms with Gasteiger partial charge in [0.1, 0.15) is 9.84 Å². The van der Waals surface area contributed by atoms with Crippen LogP contribution in [-0.4, -0.2) is 52.8 Å². The summed E-state index contributed by atoms with van der Waals surface area (Å²) < 4.78 is 24.4. The molecule has 29 heavy (non-hydrogen) atoms. The minimum atomic E-state index is -3.00. The van der Waals surface area contributed by atoms with Crippen molar-refractivity contribution in [3.8, 4) is 0 Å². The maximum atomic E-state index is 11.4. The van der Waals surface area contributed by atoms with Crippen molar-refractivity contribution in [2.45, 2.75) is 56.8 Å². The quantitative estimate of drug-likeness (QED) is 0.778. The highest BCUT2D eigenvalue weighted by Gasteiger charge is 2.47. The first-order valence-corrected chi connectivity index (χ1v) is 12.5. The van der Waals surface area contributed by atoms with Crippen molar-refractivity contribution in [2.24, 2.45) is 0 Å². The van der Waals surface area contributed by atoms with Crippen molar-refractivity contribution < 1.29 is 13.5 Å². The second-order valence-electron chi connectivity index (χ2n) is 8.75. The van der Waals surface area contributed by atoms with Crippen LogP contribution in [0.4, 0.5) is 0 Å². The largest absolute Gasteiger partial charge is 0.388 e. The SMILES string of the molecule is C[C@H]1CC2(CCN1Cc1cnn(CCS(C)(=O)=O)c1)CC(O)c1ccc(Cl)cc12. The van der Waals surface area contributed by atoms with Crippen LogP contribution in [0.1, 0.15) is 49.0 Å². The van der Waals surface area contributed by atoms with Crippen LogP contribution in [0.3, 0.4) is 0 Å². The molecule has 158 valence electrons. The van der Waals surface area contributed by atoms with Crippen LogP contribution in [0.5, 0.6) is 0 Å². The normalized spacial score (nSPS) is 27.4. The number of halogens is 1. The predicted molar refractivity (Wildman–Crippen MR) is 114 cm³/mol. The Morgan fingerprint density at radius 1 is 1.34 bits per heavy atom. The topological polar surface area (TPSA) is 75.4 Å². The lowest BCUT2D eigenvalue weighted by atomic mass is 9.71. The lowest BCUT2D eigenvalue weighted by Crippen LogP contribution is -2.46. The summed E-state index contributed by atoms with van der Waals surface area (Å²) in [6.07, 6.45) is 7.35. The van der Waals surface area contributed by atoms with E-state index >= 15 is 0 Å². The Kier molecular flexibility index (Phi) is 5.53. The molecule has 1 saturated heterocycles. The molecule has 0 amide bonds. The molecule has 8 heteroatoms. The van der Waals surface area contributed by atoms with E-state index in [4.69, 9.17) is 11.6 Å². The number of aromatic nitrogens is 2. The second kappa shape index (κ2) is 7.69. The predicted octanol–water partition coefficient (Wildman–Crippen LogP) is 2.94. The third-order valence-corrected chi connectivity index (χ3v) is 7.64. The van der Waals surface area contributed by atoms with E-state index in [9.17, 15) is 13.5 Å². The summed E-state index contributed by atoms with van der Waals surface area (Å²) in [5, 5.41) is 15.6. The van der Waals surface area contributed by atoms with Gasteiger partial charge in [0.15, 0.2) is 0 Å². The Morgan fingerprint density at radius 2 is 2.14 bits per heavy atom. The van der Waals surface area contributed by atoms with Crippen molar-refractivity contribution in [1.82, 2.24) is 14.7 Å². The zero-order valence-electron chi connectivity index (χ0n) is 16.9. The first-order chi connectivity index (χ1) is 13.7. The number of likely N-dealkylation sites (tertiary alicyclic amines) is 1. The molecule has 0 bridgehead atoms. The van der Waals surface area contributed by atoms with Gasteiger partial charge in [-0.25, -0.2) is 8.42 Å². The summed E-state index contributed by atoms with van der Waals surface area (Å²) in [4.78, 5) is 2.44. The van der Waals surface area contributed by atoms with Gasteiger partial charge < -0.3 is 5.11 Å². The highest BCUT2D eigenvalue weighted by molar-refractivity contribution is 7.90. The summed E-state index contributed by atoms with van der Waals surface area (Å²) in [5.74, 6) is 0.0983. The fraction of sp³-hybridized carbons (Fsp3) is 0.571. The number of nitrogens with zero attached hydrogens (tertiary/aromatic N) is 3. The van der Waals surface area contributed by atoms with Gasteiger partial charge >= 0.3 is 0 Å². The number of sulfone groups is 1. The van der Waals surface area contributed by atoms with Crippen LogP contribution in [0, 0.1) is 0 Å². The Labute approximate surface area is 177 Å². The van der Waals surface area contributed by atoms with E-state index < -0.39 is 15.9 Å². The molecule has 2 aliphatic rings. The highest BCUT2D eigenvalue weighted by atomic mass is 35.5. The first kappa shape index (κ1) is 20.8. The van der Waals surface area contributed by atoms with E-state index in [1.165, 1.54) is 11.8 Å². The van der Waals surface area contributed by atoms with E-state index in [-0.39, 0.29) is 11.2 Å². The molecule has 2 heterocycles. The van der Waals surface area contributed by atoms with Crippen molar-refractivity contribution in [3.63, 3.8) is 0 Å². The summed E-state index contributed by atoms with van der Waals surface area (Å²) in [6.45, 7) is 4.35. The maximum Gasteiger partial charge on any atom is 0.149 e. The molecule has 1 aromatic heterocycles. The summed E-state index contributed by atoms with van der Waals surface area (Å²) in [6, 6.07) is 6.24. The third kappa shape index (κ3) is 4.38. The van der Waals surface area contributed by atoms with Gasteiger partial charge in [0.25, 0.3) is 0 Å². The van der Waals surface area contributed by atoms with Crippen LogP contribution < -0.4 is 0 Å². The third-order valence-electron chi connectivity index (χ3n) is 6.48. The van der Waals surface area contributed by atoms with Crippen LogP contribution in [-0.2, 0) is 28.3 Å². The summed E-state index contributed by atoms with van der Waals surface area (Å²) >= 11 is 6.26.